The van der Waals surface area contributed by atoms with E-state index in [1.807, 2.05) is 0 Å². The highest BCUT2D eigenvalue weighted by atomic mass is 31.1. The topological polar surface area (TPSA) is 0 Å². The molecule has 30 heavy (non-hydrogen) atoms. The van der Waals surface area contributed by atoms with Crippen molar-refractivity contribution in [2.75, 3.05) is 0 Å². The number of rotatable bonds is 3. The Labute approximate surface area is 192 Å². The molecule has 0 saturated heterocycles. The van der Waals surface area contributed by atoms with Crippen LogP contribution < -0.4 is 5.30 Å². The molecule has 0 heterocycles. The van der Waals surface area contributed by atoms with Gasteiger partial charge in [0.15, 0.2) is 0 Å². The molecule has 0 aromatic heterocycles. The van der Waals surface area contributed by atoms with Gasteiger partial charge in [0.2, 0.25) is 0 Å². The Balaban J connectivity index is 4.07. The van der Waals surface area contributed by atoms with Crippen molar-refractivity contribution in [3.05, 3.63) is 39.4 Å². The van der Waals surface area contributed by atoms with Crippen molar-refractivity contribution in [3.63, 3.8) is 0 Å². The highest BCUT2D eigenvalue weighted by Gasteiger charge is 2.31. The molecule has 0 atom stereocenters. The molecule has 0 aliphatic rings. The Bertz CT molecular complexity index is 822. The second kappa shape index (κ2) is 8.73. The van der Waals surface area contributed by atoms with Gasteiger partial charge in [-0.15, -0.1) is 0 Å². The van der Waals surface area contributed by atoms with Crippen molar-refractivity contribution in [1.82, 2.24) is 0 Å². The third kappa shape index (κ3) is 7.22. The van der Waals surface area contributed by atoms with Gasteiger partial charge in [-0.1, -0.05) is 119 Å². The van der Waals surface area contributed by atoms with Crippen LogP contribution in [0.2, 0.25) is 39.3 Å². The summed E-state index contributed by atoms with van der Waals surface area (Å²) in [4.78, 5) is 1.60. The zero-order valence-corrected chi connectivity index (χ0v) is 25.5. The van der Waals surface area contributed by atoms with Crippen LogP contribution in [-0.4, -0.2) is 21.6 Å². The average molecular weight is 459 g/mol. The van der Waals surface area contributed by atoms with Gasteiger partial charge >= 0.3 is 0 Å². The van der Waals surface area contributed by atoms with Gasteiger partial charge in [-0.3, -0.25) is 0 Å². The molecule has 0 unspecified atom stereocenters. The first-order valence-electron chi connectivity index (χ1n) is 11.4. The molecule has 0 spiro atoms. The maximum Gasteiger partial charge on any atom is 0.0781 e. The Kier molecular flexibility index (Phi) is 7.98. The van der Waals surface area contributed by atoms with Gasteiger partial charge in [-0.25, -0.2) is 0 Å². The summed E-state index contributed by atoms with van der Waals surface area (Å²) in [6.45, 7) is 35.7. The highest BCUT2D eigenvalue weighted by Crippen LogP contribution is 2.35. The summed E-state index contributed by atoms with van der Waals surface area (Å²) in [6, 6.07) is 4.92. The maximum atomic E-state index is 3.73. The van der Waals surface area contributed by atoms with E-state index in [9.17, 15) is 0 Å². The molecular formula is C27H47PSi2. The average Bonchev–Trinajstić information content (AvgIpc) is 2.45. The molecule has 0 bridgehead atoms. The van der Waals surface area contributed by atoms with Gasteiger partial charge in [-0.2, -0.15) is 0 Å². The lowest BCUT2D eigenvalue weighted by Gasteiger charge is -2.32. The van der Waals surface area contributed by atoms with E-state index in [0.29, 0.717) is 0 Å². The third-order valence-electron chi connectivity index (χ3n) is 5.44. The zero-order valence-electron chi connectivity index (χ0n) is 22.6. The van der Waals surface area contributed by atoms with E-state index in [0.717, 1.165) is 8.20 Å². The first-order valence-corrected chi connectivity index (χ1v) is 19.2. The van der Waals surface area contributed by atoms with Gasteiger partial charge < -0.3 is 0 Å². The number of hydrogen-bond donors (Lipinski definition) is 0. The number of hydrogen-bond acceptors (Lipinski definition) is 0. The molecule has 3 heteroatoms. The van der Waals surface area contributed by atoms with Gasteiger partial charge in [0.25, 0.3) is 0 Å². The molecule has 0 nitrogen and oxygen atoms in total. The van der Waals surface area contributed by atoms with Crippen molar-refractivity contribution in [2.45, 2.75) is 118 Å². The second-order valence-electron chi connectivity index (χ2n) is 13.9. The van der Waals surface area contributed by atoms with E-state index in [1.165, 1.54) is 22.0 Å². The molecular weight excluding hydrogens is 411 g/mol. The molecule has 0 amide bonds. The first kappa shape index (κ1) is 27.4. The minimum absolute atomic E-state index is 0.0926. The minimum Gasteiger partial charge on any atom is -0.0748 e. The van der Waals surface area contributed by atoms with Crippen LogP contribution in [0.25, 0.3) is 0 Å². The van der Waals surface area contributed by atoms with Crippen molar-refractivity contribution in [3.8, 4) is 0 Å². The van der Waals surface area contributed by atoms with Crippen molar-refractivity contribution >= 4 is 35.1 Å². The van der Waals surface area contributed by atoms with Crippen LogP contribution >= 0.6 is 8.20 Å². The molecule has 1 aromatic carbocycles. The van der Waals surface area contributed by atoms with Crippen LogP contribution in [0.15, 0.2) is 22.7 Å². The molecule has 1 rings (SSSR count). The third-order valence-corrected chi connectivity index (χ3v) is 14.1. The molecule has 1 aromatic rings. The van der Waals surface area contributed by atoms with Crippen LogP contribution in [0, 0.1) is 0 Å². The SMILES string of the molecule is CC(C)(C)c1cc(C(C)(C)C)c(P=C=C=C([Si](C)(C)C)[Si](C)(C)C)c(C(C)(C)C)c1. The Morgan fingerprint density at radius 1 is 0.667 bits per heavy atom. The molecule has 168 valence electrons. The molecule has 0 N–H and O–H groups in total. The fourth-order valence-electron chi connectivity index (χ4n) is 3.97. The summed E-state index contributed by atoms with van der Waals surface area (Å²) in [5.74, 6) is 0. The van der Waals surface area contributed by atoms with Gasteiger partial charge in [0.05, 0.1) is 16.1 Å². The predicted octanol–water partition coefficient (Wildman–Crippen LogP) is 8.39. The summed E-state index contributed by atoms with van der Waals surface area (Å²) < 4.78 is 0. The van der Waals surface area contributed by atoms with E-state index < -0.39 is 16.1 Å². The normalized spacial score (nSPS) is 13.8. The summed E-state index contributed by atoms with van der Waals surface area (Å²) in [5, 5.41) is 1.43. The molecule has 0 aliphatic carbocycles. The highest BCUT2D eigenvalue weighted by molar-refractivity contribution is 7.46. The summed E-state index contributed by atoms with van der Waals surface area (Å²) in [5.41, 5.74) is 12.0. The molecule has 0 saturated carbocycles. The van der Waals surface area contributed by atoms with Crippen molar-refractivity contribution < 1.29 is 0 Å². The second-order valence-corrected chi connectivity index (χ2v) is 25.3. The van der Waals surface area contributed by atoms with E-state index in [2.05, 4.69) is 125 Å². The summed E-state index contributed by atoms with van der Waals surface area (Å²) in [7, 11) is -1.63. The zero-order chi connectivity index (χ0) is 23.9. The van der Waals surface area contributed by atoms with Crippen LogP contribution in [0.3, 0.4) is 0 Å². The lowest BCUT2D eigenvalue weighted by Crippen LogP contribution is -2.39. The van der Waals surface area contributed by atoms with Crippen LogP contribution in [0.4, 0.5) is 0 Å². The van der Waals surface area contributed by atoms with Crippen LogP contribution in [0.1, 0.15) is 79.0 Å². The number of benzene rings is 1. The standard InChI is InChI=1S/C27H47PSi2/c1-25(2,3)20-18-21(26(4,5)6)24(22(19-20)27(7,8)9)28-17-16-23(29(10,11)12)30(13,14)15/h18-19H,1-15H3. The Hall–Kier alpha value is -0.616. The summed E-state index contributed by atoms with van der Waals surface area (Å²) in [6.07, 6.45) is 0. The molecule has 0 radical (unpaired) electrons. The monoisotopic (exact) mass is 458 g/mol. The largest absolute Gasteiger partial charge is 0.0781 e. The van der Waals surface area contributed by atoms with Gasteiger partial charge in [0.1, 0.15) is 0 Å². The Morgan fingerprint density at radius 2 is 1.03 bits per heavy atom. The van der Waals surface area contributed by atoms with Crippen LogP contribution in [-0.2, 0) is 16.2 Å². The summed E-state index contributed by atoms with van der Waals surface area (Å²) >= 11 is 0. The lowest BCUT2D eigenvalue weighted by molar-refractivity contribution is 0.554. The van der Waals surface area contributed by atoms with Gasteiger partial charge in [0, 0.05) is 5.30 Å². The smallest absolute Gasteiger partial charge is 0.0748 e. The Morgan fingerprint density at radius 3 is 1.30 bits per heavy atom. The fraction of sp³-hybridized carbons (Fsp3) is 0.667. The predicted molar refractivity (Wildman–Crippen MR) is 148 cm³/mol. The van der Waals surface area contributed by atoms with Crippen LogP contribution in [0.5, 0.6) is 0 Å². The van der Waals surface area contributed by atoms with E-state index >= 15 is 0 Å². The quantitative estimate of drug-likeness (QED) is 0.242. The van der Waals surface area contributed by atoms with E-state index in [1.54, 1.807) is 4.82 Å². The molecule has 0 aliphatic heterocycles. The van der Waals surface area contributed by atoms with E-state index in [-0.39, 0.29) is 16.2 Å². The lowest BCUT2D eigenvalue weighted by atomic mass is 9.75. The van der Waals surface area contributed by atoms with Crippen molar-refractivity contribution in [2.24, 2.45) is 0 Å². The van der Waals surface area contributed by atoms with Crippen molar-refractivity contribution in [1.29, 1.82) is 0 Å². The molecule has 0 fully saturated rings. The van der Waals surface area contributed by atoms with Gasteiger partial charge in [-0.05, 0) is 51.4 Å². The van der Waals surface area contributed by atoms with E-state index in [4.69, 9.17) is 0 Å². The minimum atomic E-state index is -1.39. The first-order chi connectivity index (χ1) is 13.1. The fourth-order valence-corrected chi connectivity index (χ4v) is 15.4. The maximum absolute atomic E-state index is 3.73.